The molecule has 0 amide bonds. The van der Waals surface area contributed by atoms with Crippen LogP contribution in [-0.2, 0) is 13.0 Å². The van der Waals surface area contributed by atoms with Crippen molar-refractivity contribution >= 4 is 40.8 Å². The Kier molecular flexibility index (Phi) is 8.58. The summed E-state index contributed by atoms with van der Waals surface area (Å²) in [5, 5.41) is 17.3. The monoisotopic (exact) mass is 528 g/mol. The number of aromatic nitrogens is 1. The van der Waals surface area contributed by atoms with Gasteiger partial charge in [-0.3, -0.25) is 4.99 Å². The lowest BCUT2D eigenvalue weighted by molar-refractivity contribution is 0.339. The minimum atomic E-state index is -0.247. The second kappa shape index (κ2) is 10.9. The van der Waals surface area contributed by atoms with Crippen LogP contribution >= 0.6 is 24.0 Å². The second-order valence-electron chi connectivity index (χ2n) is 6.46. The lowest BCUT2D eigenvalue weighted by atomic mass is 10.1. The number of nitrogens with one attached hydrogen (secondary N) is 3. The quantitative estimate of drug-likeness (QED) is 0.214. The predicted octanol–water partition coefficient (Wildman–Crippen LogP) is 3.56. The van der Waals surface area contributed by atoms with Gasteiger partial charge < -0.3 is 30.2 Å². The Balaban J connectivity index is 0.00000320. The molecule has 2 aromatic carbocycles. The number of phenolic OH excluding ortho intramolecular Hbond substituents is 1. The fourth-order valence-corrected chi connectivity index (χ4v) is 3.13. The topological polar surface area (TPSA) is 90.9 Å². The van der Waals surface area contributed by atoms with E-state index >= 15 is 0 Å². The zero-order chi connectivity index (χ0) is 20.8. The molecule has 7 nitrogen and oxygen atoms in total. The number of halogens is 2. The summed E-state index contributed by atoms with van der Waals surface area (Å²) in [7, 11) is 4.67. The molecule has 0 atom stereocenters. The SMILES string of the molecule is CN=C(NCCc1c[nH]c2ccc(F)cc12)NCc1cc(OC)c(O)c(OC)c1.I. The van der Waals surface area contributed by atoms with E-state index in [4.69, 9.17) is 9.47 Å². The van der Waals surface area contributed by atoms with Gasteiger partial charge in [0.05, 0.1) is 14.2 Å². The minimum absolute atomic E-state index is 0. The maximum Gasteiger partial charge on any atom is 0.200 e. The van der Waals surface area contributed by atoms with Crippen LogP contribution in [-0.4, -0.2) is 43.9 Å². The van der Waals surface area contributed by atoms with Gasteiger partial charge in [-0.1, -0.05) is 0 Å². The molecule has 0 saturated heterocycles. The number of nitrogens with zero attached hydrogens (tertiary/aromatic N) is 1. The Morgan fingerprint density at radius 2 is 1.83 bits per heavy atom. The van der Waals surface area contributed by atoms with E-state index in [1.165, 1.54) is 20.3 Å². The van der Waals surface area contributed by atoms with Crippen molar-refractivity contribution in [2.45, 2.75) is 13.0 Å². The smallest absolute Gasteiger partial charge is 0.200 e. The number of guanidine groups is 1. The van der Waals surface area contributed by atoms with E-state index < -0.39 is 0 Å². The summed E-state index contributed by atoms with van der Waals surface area (Å²) >= 11 is 0. The van der Waals surface area contributed by atoms with Crippen molar-refractivity contribution in [1.29, 1.82) is 0 Å². The Bertz CT molecular complexity index is 998. The molecule has 0 spiro atoms. The van der Waals surface area contributed by atoms with Gasteiger partial charge in [-0.05, 0) is 47.9 Å². The zero-order valence-electron chi connectivity index (χ0n) is 17.1. The lowest BCUT2D eigenvalue weighted by Crippen LogP contribution is -2.37. The molecule has 4 N–H and O–H groups in total. The van der Waals surface area contributed by atoms with Crippen molar-refractivity contribution < 1.29 is 19.0 Å². The maximum atomic E-state index is 13.5. The van der Waals surface area contributed by atoms with Gasteiger partial charge in [-0.15, -0.1) is 24.0 Å². The Morgan fingerprint density at radius 1 is 1.13 bits per heavy atom. The number of aliphatic imine (C=N–C) groups is 1. The summed E-state index contributed by atoms with van der Waals surface area (Å²) < 4.78 is 23.9. The van der Waals surface area contributed by atoms with Crippen LogP contribution in [0.1, 0.15) is 11.1 Å². The predicted molar refractivity (Wildman–Crippen MR) is 127 cm³/mol. The van der Waals surface area contributed by atoms with E-state index in [0.29, 0.717) is 37.0 Å². The van der Waals surface area contributed by atoms with Crippen LogP contribution in [0.25, 0.3) is 10.9 Å². The number of aromatic hydroxyl groups is 1. The second-order valence-corrected chi connectivity index (χ2v) is 6.46. The number of rotatable bonds is 7. The van der Waals surface area contributed by atoms with E-state index in [9.17, 15) is 9.50 Å². The average molecular weight is 528 g/mol. The first-order valence-electron chi connectivity index (χ1n) is 9.19. The minimum Gasteiger partial charge on any atom is -0.502 e. The lowest BCUT2D eigenvalue weighted by Gasteiger charge is -2.14. The fraction of sp³-hybridized carbons (Fsp3) is 0.286. The summed E-state index contributed by atoms with van der Waals surface area (Å²) in [6.45, 7) is 1.09. The van der Waals surface area contributed by atoms with Crippen molar-refractivity contribution in [2.24, 2.45) is 4.99 Å². The first-order valence-corrected chi connectivity index (χ1v) is 9.19. The van der Waals surface area contributed by atoms with Gasteiger partial charge in [0.1, 0.15) is 5.82 Å². The molecule has 0 aliphatic heterocycles. The molecule has 30 heavy (non-hydrogen) atoms. The first-order chi connectivity index (χ1) is 14.0. The first kappa shape index (κ1) is 23.6. The highest BCUT2D eigenvalue weighted by molar-refractivity contribution is 14.0. The van der Waals surface area contributed by atoms with E-state index in [1.807, 2.05) is 6.20 Å². The van der Waals surface area contributed by atoms with E-state index in [-0.39, 0.29) is 35.5 Å². The van der Waals surface area contributed by atoms with Crippen LogP contribution in [0.15, 0.2) is 41.5 Å². The Labute approximate surface area is 191 Å². The molecule has 1 heterocycles. The van der Waals surface area contributed by atoms with E-state index in [0.717, 1.165) is 22.0 Å². The number of ether oxygens (including phenoxy) is 2. The van der Waals surface area contributed by atoms with Crippen LogP contribution in [0.3, 0.4) is 0 Å². The largest absolute Gasteiger partial charge is 0.502 e. The van der Waals surface area contributed by atoms with Gasteiger partial charge in [-0.25, -0.2) is 4.39 Å². The highest BCUT2D eigenvalue weighted by Crippen LogP contribution is 2.37. The van der Waals surface area contributed by atoms with Crippen molar-refractivity contribution in [3.63, 3.8) is 0 Å². The van der Waals surface area contributed by atoms with Crippen LogP contribution in [0.4, 0.5) is 4.39 Å². The molecule has 9 heteroatoms. The maximum absolute atomic E-state index is 13.5. The standard InChI is InChI=1S/C21H25FN4O3.HI/c1-23-21(26-11-13-8-18(28-2)20(27)19(9-13)29-3)24-7-6-14-12-25-17-5-4-15(22)10-16(14)17;/h4-5,8-10,12,25,27H,6-7,11H2,1-3H3,(H2,23,24,26);1H. The number of H-pyrrole nitrogens is 1. The molecule has 0 bridgehead atoms. The van der Waals surface area contributed by atoms with Gasteiger partial charge in [0.25, 0.3) is 0 Å². The van der Waals surface area contributed by atoms with Crippen molar-refractivity contribution in [1.82, 2.24) is 15.6 Å². The average Bonchev–Trinajstić information content (AvgIpc) is 3.13. The Morgan fingerprint density at radius 3 is 2.47 bits per heavy atom. The molecule has 0 unspecified atom stereocenters. The molecular formula is C21H26FIN4O3. The summed E-state index contributed by atoms with van der Waals surface area (Å²) in [5.41, 5.74) is 2.82. The number of hydrogen-bond donors (Lipinski definition) is 4. The molecule has 3 rings (SSSR count). The van der Waals surface area contributed by atoms with E-state index in [2.05, 4.69) is 20.6 Å². The van der Waals surface area contributed by atoms with Crippen LogP contribution in [0.5, 0.6) is 17.2 Å². The van der Waals surface area contributed by atoms with Gasteiger partial charge in [0.2, 0.25) is 5.75 Å². The summed E-state index contributed by atoms with van der Waals surface area (Å²) in [4.78, 5) is 7.37. The molecule has 0 radical (unpaired) electrons. The highest BCUT2D eigenvalue weighted by Gasteiger charge is 2.11. The van der Waals surface area contributed by atoms with Crippen LogP contribution in [0, 0.1) is 5.82 Å². The summed E-state index contributed by atoms with van der Waals surface area (Å²) in [5.74, 6) is 1.04. The molecule has 0 fully saturated rings. The number of phenols is 1. The van der Waals surface area contributed by atoms with Crippen LogP contribution < -0.4 is 20.1 Å². The number of hydrogen-bond acceptors (Lipinski definition) is 4. The number of benzene rings is 2. The highest BCUT2D eigenvalue weighted by atomic mass is 127. The van der Waals surface area contributed by atoms with Crippen molar-refractivity contribution in [3.8, 4) is 17.2 Å². The van der Waals surface area contributed by atoms with E-state index in [1.54, 1.807) is 31.3 Å². The third-order valence-corrected chi connectivity index (χ3v) is 4.64. The van der Waals surface area contributed by atoms with Crippen LogP contribution in [0.2, 0.25) is 0 Å². The molecular weight excluding hydrogens is 502 g/mol. The molecule has 0 aliphatic rings. The third kappa shape index (κ3) is 5.47. The number of methoxy groups -OCH3 is 2. The van der Waals surface area contributed by atoms with Crippen molar-refractivity contribution in [2.75, 3.05) is 27.8 Å². The van der Waals surface area contributed by atoms with Gasteiger partial charge in [-0.2, -0.15) is 0 Å². The molecule has 1 aromatic heterocycles. The molecule has 3 aromatic rings. The molecule has 162 valence electrons. The zero-order valence-corrected chi connectivity index (χ0v) is 19.4. The van der Waals surface area contributed by atoms with Gasteiger partial charge in [0, 0.05) is 37.2 Å². The Hall–Kier alpha value is -2.69. The number of fused-ring (bicyclic) bond motifs is 1. The van der Waals surface area contributed by atoms with Gasteiger partial charge >= 0.3 is 0 Å². The summed E-state index contributed by atoms with van der Waals surface area (Å²) in [6.07, 6.45) is 2.61. The summed E-state index contributed by atoms with van der Waals surface area (Å²) in [6, 6.07) is 8.19. The third-order valence-electron chi connectivity index (χ3n) is 4.64. The van der Waals surface area contributed by atoms with Crippen molar-refractivity contribution in [3.05, 3.63) is 53.5 Å². The molecule has 0 aliphatic carbocycles. The number of aromatic amines is 1. The normalized spacial score (nSPS) is 11.1. The molecule has 0 saturated carbocycles. The van der Waals surface area contributed by atoms with Gasteiger partial charge in [0.15, 0.2) is 17.5 Å². The fourth-order valence-electron chi connectivity index (χ4n) is 3.13.